The van der Waals surface area contributed by atoms with Gasteiger partial charge in [0, 0.05) is 30.2 Å². The lowest BCUT2D eigenvalue weighted by Crippen LogP contribution is -2.23. The van der Waals surface area contributed by atoms with Gasteiger partial charge in [0.05, 0.1) is 5.52 Å². The highest BCUT2D eigenvalue weighted by Gasteiger charge is 2.05. The minimum Gasteiger partial charge on any atom is -0.352 e. The SMILES string of the molecule is Cc1ccc2nc(Nc3cccc(CNC(=O)CC(C)C)c3)ncc2c1. The van der Waals surface area contributed by atoms with Gasteiger partial charge in [0.1, 0.15) is 0 Å². The number of nitrogens with one attached hydrogen (secondary N) is 2. The van der Waals surface area contributed by atoms with Crippen LogP contribution >= 0.6 is 0 Å². The second-order valence-corrected chi connectivity index (χ2v) is 6.96. The van der Waals surface area contributed by atoms with Gasteiger partial charge in [-0.25, -0.2) is 9.97 Å². The number of benzene rings is 2. The van der Waals surface area contributed by atoms with Crippen molar-refractivity contribution in [2.75, 3.05) is 5.32 Å². The van der Waals surface area contributed by atoms with Gasteiger partial charge in [0.15, 0.2) is 0 Å². The quantitative estimate of drug-likeness (QED) is 0.695. The highest BCUT2D eigenvalue weighted by Crippen LogP contribution is 2.18. The van der Waals surface area contributed by atoms with Crippen LogP contribution in [0.3, 0.4) is 0 Å². The third-order valence-electron chi connectivity index (χ3n) is 4.00. The summed E-state index contributed by atoms with van der Waals surface area (Å²) in [6, 6.07) is 14.0. The molecule has 2 aromatic carbocycles. The van der Waals surface area contributed by atoms with E-state index in [-0.39, 0.29) is 5.91 Å². The van der Waals surface area contributed by atoms with Crippen LogP contribution in [0.25, 0.3) is 10.9 Å². The van der Waals surface area contributed by atoms with Gasteiger partial charge in [0.2, 0.25) is 11.9 Å². The summed E-state index contributed by atoms with van der Waals surface area (Å²) < 4.78 is 0. The van der Waals surface area contributed by atoms with Crippen molar-refractivity contribution >= 4 is 28.4 Å². The maximum absolute atomic E-state index is 11.8. The molecule has 0 spiro atoms. The highest BCUT2D eigenvalue weighted by molar-refractivity contribution is 5.79. The molecular formula is C21H24N4O. The number of aryl methyl sites for hydroxylation is 1. The van der Waals surface area contributed by atoms with E-state index in [1.54, 1.807) is 0 Å². The standard InChI is InChI=1S/C21H24N4O/c1-14(2)9-20(26)22-12-16-5-4-6-18(11-16)24-21-23-13-17-10-15(3)7-8-19(17)25-21/h4-8,10-11,13-14H,9,12H2,1-3H3,(H,22,26)(H,23,24,25). The average Bonchev–Trinajstić information content (AvgIpc) is 2.60. The summed E-state index contributed by atoms with van der Waals surface area (Å²) in [6.45, 7) is 6.64. The molecule has 5 heteroatoms. The van der Waals surface area contributed by atoms with Gasteiger partial charge in [-0.3, -0.25) is 4.79 Å². The molecule has 5 nitrogen and oxygen atoms in total. The molecule has 2 N–H and O–H groups in total. The molecule has 134 valence electrons. The Morgan fingerprint density at radius 2 is 2.00 bits per heavy atom. The van der Waals surface area contributed by atoms with Crippen molar-refractivity contribution < 1.29 is 4.79 Å². The van der Waals surface area contributed by atoms with Crippen molar-refractivity contribution in [3.63, 3.8) is 0 Å². The first-order valence-electron chi connectivity index (χ1n) is 8.85. The molecule has 0 fully saturated rings. The highest BCUT2D eigenvalue weighted by atomic mass is 16.1. The maximum Gasteiger partial charge on any atom is 0.227 e. The van der Waals surface area contributed by atoms with E-state index in [9.17, 15) is 4.79 Å². The second kappa shape index (κ2) is 7.95. The molecule has 26 heavy (non-hydrogen) atoms. The van der Waals surface area contributed by atoms with Gasteiger partial charge in [-0.2, -0.15) is 0 Å². The van der Waals surface area contributed by atoms with Gasteiger partial charge in [0.25, 0.3) is 0 Å². The Bertz CT molecular complexity index is 921. The van der Waals surface area contributed by atoms with Crippen LogP contribution in [0.1, 0.15) is 31.4 Å². The zero-order valence-electron chi connectivity index (χ0n) is 15.4. The summed E-state index contributed by atoms with van der Waals surface area (Å²) in [5, 5.41) is 7.21. The van der Waals surface area contributed by atoms with Crippen molar-refractivity contribution in [2.24, 2.45) is 5.92 Å². The molecule has 0 saturated carbocycles. The van der Waals surface area contributed by atoms with Crippen LogP contribution in [0, 0.1) is 12.8 Å². The molecule has 3 rings (SSSR count). The fourth-order valence-corrected chi connectivity index (χ4v) is 2.74. The Labute approximate surface area is 153 Å². The van der Waals surface area contributed by atoms with Crippen molar-refractivity contribution in [3.05, 3.63) is 59.8 Å². The number of aromatic nitrogens is 2. The second-order valence-electron chi connectivity index (χ2n) is 6.96. The van der Waals surface area contributed by atoms with Gasteiger partial charge >= 0.3 is 0 Å². The van der Waals surface area contributed by atoms with Gasteiger partial charge < -0.3 is 10.6 Å². The fourth-order valence-electron chi connectivity index (χ4n) is 2.74. The molecule has 0 aliphatic heterocycles. The number of carbonyl (C=O) groups is 1. The monoisotopic (exact) mass is 348 g/mol. The Kier molecular flexibility index (Phi) is 5.46. The lowest BCUT2D eigenvalue weighted by Gasteiger charge is -2.10. The minimum absolute atomic E-state index is 0.0755. The van der Waals surface area contributed by atoms with Crippen LogP contribution in [0.15, 0.2) is 48.7 Å². The Morgan fingerprint density at radius 1 is 1.15 bits per heavy atom. The molecule has 1 heterocycles. The van der Waals surface area contributed by atoms with Crippen molar-refractivity contribution in [3.8, 4) is 0 Å². The third kappa shape index (κ3) is 4.79. The smallest absolute Gasteiger partial charge is 0.227 e. The van der Waals surface area contributed by atoms with Gasteiger partial charge in [-0.05, 0) is 42.7 Å². The van der Waals surface area contributed by atoms with E-state index in [0.29, 0.717) is 24.8 Å². The third-order valence-corrected chi connectivity index (χ3v) is 4.00. The van der Waals surface area contributed by atoms with E-state index in [4.69, 9.17) is 0 Å². The Hall–Kier alpha value is -2.95. The predicted molar refractivity (Wildman–Crippen MR) is 105 cm³/mol. The molecule has 0 unspecified atom stereocenters. The summed E-state index contributed by atoms with van der Waals surface area (Å²) in [5.74, 6) is 0.991. The van der Waals surface area contributed by atoms with E-state index < -0.39 is 0 Å². The van der Waals surface area contributed by atoms with Crippen LogP contribution in [0.4, 0.5) is 11.6 Å². The van der Waals surface area contributed by atoms with E-state index in [2.05, 4.69) is 33.6 Å². The van der Waals surface area contributed by atoms with Crippen LogP contribution < -0.4 is 10.6 Å². The number of carbonyl (C=O) groups excluding carboxylic acids is 1. The van der Waals surface area contributed by atoms with Crippen LogP contribution in [-0.2, 0) is 11.3 Å². The van der Waals surface area contributed by atoms with Crippen molar-refractivity contribution in [2.45, 2.75) is 33.7 Å². The minimum atomic E-state index is 0.0755. The lowest BCUT2D eigenvalue weighted by atomic mass is 10.1. The number of nitrogens with zero attached hydrogens (tertiary/aromatic N) is 2. The van der Waals surface area contributed by atoms with Crippen molar-refractivity contribution in [1.82, 2.24) is 15.3 Å². The fraction of sp³-hybridized carbons (Fsp3) is 0.286. The Balaban J connectivity index is 1.68. The number of hydrogen-bond acceptors (Lipinski definition) is 4. The molecule has 1 amide bonds. The summed E-state index contributed by atoms with van der Waals surface area (Å²) in [7, 11) is 0. The summed E-state index contributed by atoms with van der Waals surface area (Å²) in [5.41, 5.74) is 4.02. The van der Waals surface area contributed by atoms with E-state index in [0.717, 1.165) is 22.2 Å². The maximum atomic E-state index is 11.8. The molecule has 0 aliphatic carbocycles. The summed E-state index contributed by atoms with van der Waals surface area (Å²) in [6.07, 6.45) is 2.37. The van der Waals surface area contributed by atoms with E-state index in [1.165, 1.54) is 5.56 Å². The largest absolute Gasteiger partial charge is 0.352 e. The van der Waals surface area contributed by atoms with Crippen LogP contribution in [0.2, 0.25) is 0 Å². The number of hydrogen-bond donors (Lipinski definition) is 2. The number of fused-ring (bicyclic) bond motifs is 1. The van der Waals surface area contributed by atoms with Gasteiger partial charge in [-0.15, -0.1) is 0 Å². The first kappa shape index (κ1) is 17.9. The normalized spacial score (nSPS) is 10.9. The topological polar surface area (TPSA) is 66.9 Å². The summed E-state index contributed by atoms with van der Waals surface area (Å²) in [4.78, 5) is 20.7. The molecule has 0 radical (unpaired) electrons. The van der Waals surface area contributed by atoms with Crippen LogP contribution in [0.5, 0.6) is 0 Å². The number of rotatable bonds is 6. The van der Waals surface area contributed by atoms with Crippen LogP contribution in [-0.4, -0.2) is 15.9 Å². The molecule has 0 atom stereocenters. The average molecular weight is 348 g/mol. The van der Waals surface area contributed by atoms with E-state index >= 15 is 0 Å². The molecular weight excluding hydrogens is 324 g/mol. The molecule has 3 aromatic rings. The lowest BCUT2D eigenvalue weighted by molar-refractivity contribution is -0.121. The predicted octanol–water partition coefficient (Wildman–Crippen LogP) is 4.34. The first-order chi connectivity index (χ1) is 12.5. The van der Waals surface area contributed by atoms with Gasteiger partial charge in [-0.1, -0.05) is 37.6 Å². The molecule has 0 bridgehead atoms. The molecule has 0 saturated heterocycles. The molecule has 1 aromatic heterocycles. The zero-order chi connectivity index (χ0) is 18.5. The van der Waals surface area contributed by atoms with E-state index in [1.807, 2.05) is 56.4 Å². The number of anilines is 2. The Morgan fingerprint density at radius 3 is 2.81 bits per heavy atom. The summed E-state index contributed by atoms with van der Waals surface area (Å²) >= 11 is 0. The van der Waals surface area contributed by atoms with Crippen molar-refractivity contribution in [1.29, 1.82) is 0 Å². The number of amides is 1. The first-order valence-corrected chi connectivity index (χ1v) is 8.85. The molecule has 0 aliphatic rings. The zero-order valence-corrected chi connectivity index (χ0v) is 15.4.